The van der Waals surface area contributed by atoms with Gasteiger partial charge in [-0.25, -0.2) is 0 Å². The number of hydroxylamine groups is 2. The van der Waals surface area contributed by atoms with Crippen molar-refractivity contribution in [3.63, 3.8) is 0 Å². The van der Waals surface area contributed by atoms with E-state index in [1.54, 1.807) is 6.07 Å². The number of halogens is 2. The first-order valence-electron chi connectivity index (χ1n) is 10.8. The number of rotatable bonds is 4. The number of benzene rings is 3. The molecule has 3 nitrogen and oxygen atoms in total. The summed E-state index contributed by atoms with van der Waals surface area (Å²) in [6.07, 6.45) is 1.04. The molecule has 3 aromatic carbocycles. The van der Waals surface area contributed by atoms with Crippen LogP contribution in [-0.4, -0.2) is 36.2 Å². The van der Waals surface area contributed by atoms with Crippen molar-refractivity contribution >= 4 is 23.2 Å². The number of hydrogen-bond donors (Lipinski definition) is 0. The van der Waals surface area contributed by atoms with Crippen LogP contribution >= 0.6 is 23.2 Å². The lowest BCUT2D eigenvalue weighted by molar-refractivity contribution is -0.114. The molecule has 3 aromatic rings. The second-order valence-electron chi connectivity index (χ2n) is 8.62. The van der Waals surface area contributed by atoms with Crippen LogP contribution in [0.5, 0.6) is 0 Å². The molecule has 2 fully saturated rings. The highest BCUT2D eigenvalue weighted by atomic mass is 35.5. The maximum absolute atomic E-state index is 6.29. The fourth-order valence-electron chi connectivity index (χ4n) is 5.05. The molecule has 2 aliphatic rings. The maximum Gasteiger partial charge on any atom is 0.0741 e. The van der Waals surface area contributed by atoms with Gasteiger partial charge in [0, 0.05) is 48.2 Å². The zero-order valence-corrected chi connectivity index (χ0v) is 19.1. The average molecular weight is 453 g/mol. The zero-order valence-electron chi connectivity index (χ0n) is 17.5. The Morgan fingerprint density at radius 3 is 2.42 bits per heavy atom. The van der Waals surface area contributed by atoms with E-state index < -0.39 is 0 Å². The van der Waals surface area contributed by atoms with Crippen LogP contribution in [0, 0.1) is 5.92 Å². The van der Waals surface area contributed by atoms with E-state index in [1.165, 1.54) is 16.7 Å². The van der Waals surface area contributed by atoms with E-state index in [1.807, 2.05) is 12.1 Å². The van der Waals surface area contributed by atoms with Crippen molar-refractivity contribution in [3.8, 4) is 11.1 Å². The second-order valence-corrected chi connectivity index (χ2v) is 9.49. The number of hydrogen-bond acceptors (Lipinski definition) is 3. The molecular formula is C26H26Cl2N2O. The van der Waals surface area contributed by atoms with Gasteiger partial charge < -0.3 is 0 Å². The molecule has 5 heteroatoms. The lowest BCUT2D eigenvalue weighted by atomic mass is 9.84. The van der Waals surface area contributed by atoms with E-state index in [0.29, 0.717) is 28.0 Å². The van der Waals surface area contributed by atoms with Crippen LogP contribution in [-0.2, 0) is 11.4 Å². The maximum atomic E-state index is 6.29. The Labute approximate surface area is 194 Å². The summed E-state index contributed by atoms with van der Waals surface area (Å²) < 4.78 is 0. The first-order valence-corrected chi connectivity index (χ1v) is 11.5. The molecule has 0 bridgehead atoms. The molecule has 0 saturated carbocycles. The van der Waals surface area contributed by atoms with Gasteiger partial charge in [-0.1, -0.05) is 71.7 Å². The molecule has 2 heterocycles. The van der Waals surface area contributed by atoms with E-state index in [-0.39, 0.29) is 0 Å². The predicted molar refractivity (Wildman–Crippen MR) is 127 cm³/mol. The van der Waals surface area contributed by atoms with E-state index in [4.69, 9.17) is 28.0 Å². The predicted octanol–water partition coefficient (Wildman–Crippen LogP) is 6.47. The quantitative estimate of drug-likeness (QED) is 0.450. The minimum absolute atomic E-state index is 0.298. The van der Waals surface area contributed by atoms with Crippen LogP contribution in [0.1, 0.15) is 23.6 Å². The molecule has 0 N–H and O–H groups in total. The monoisotopic (exact) mass is 452 g/mol. The highest BCUT2D eigenvalue weighted by Crippen LogP contribution is 2.40. The van der Waals surface area contributed by atoms with Gasteiger partial charge in [0.05, 0.1) is 6.61 Å². The normalized spacial score (nSPS) is 24.3. The van der Waals surface area contributed by atoms with Gasteiger partial charge in [-0.15, -0.1) is 0 Å². The third-order valence-electron chi connectivity index (χ3n) is 6.56. The van der Waals surface area contributed by atoms with Crippen molar-refractivity contribution in [2.75, 3.05) is 20.2 Å². The Bertz CT molecular complexity index is 1040. The number of nitrogens with zero attached hydrogens (tertiary/aromatic N) is 2. The summed E-state index contributed by atoms with van der Waals surface area (Å²) in [5, 5.41) is 3.43. The highest BCUT2D eigenvalue weighted by molar-refractivity contribution is 6.34. The fraction of sp³-hybridized carbons (Fsp3) is 0.308. The Kier molecular flexibility index (Phi) is 6.05. The van der Waals surface area contributed by atoms with Crippen LogP contribution < -0.4 is 0 Å². The molecule has 0 aromatic heterocycles. The lowest BCUT2D eigenvalue weighted by Gasteiger charge is -2.42. The van der Waals surface area contributed by atoms with E-state index in [9.17, 15) is 0 Å². The Morgan fingerprint density at radius 2 is 1.65 bits per heavy atom. The van der Waals surface area contributed by atoms with Crippen LogP contribution in [0.25, 0.3) is 11.1 Å². The van der Waals surface area contributed by atoms with Gasteiger partial charge in [0.25, 0.3) is 0 Å². The van der Waals surface area contributed by atoms with Crippen LogP contribution in [0.2, 0.25) is 10.0 Å². The lowest BCUT2D eigenvalue weighted by Crippen LogP contribution is -2.46. The van der Waals surface area contributed by atoms with Crippen molar-refractivity contribution in [2.24, 2.45) is 5.92 Å². The van der Waals surface area contributed by atoms with Gasteiger partial charge in [-0.3, -0.25) is 9.74 Å². The summed E-state index contributed by atoms with van der Waals surface area (Å²) in [6.45, 7) is 2.58. The number of fused-ring (bicyclic) bond motifs is 1. The summed E-state index contributed by atoms with van der Waals surface area (Å²) in [6, 6.07) is 26.1. The van der Waals surface area contributed by atoms with Crippen molar-refractivity contribution in [1.82, 2.24) is 9.96 Å². The Hall–Kier alpha value is -1.88. The van der Waals surface area contributed by atoms with Crippen molar-refractivity contribution in [2.45, 2.75) is 25.0 Å². The molecule has 2 aliphatic heterocycles. The Balaban J connectivity index is 1.48. The molecule has 2 saturated heterocycles. The highest BCUT2D eigenvalue weighted by Gasteiger charge is 2.42. The first-order chi connectivity index (χ1) is 15.1. The van der Waals surface area contributed by atoms with Crippen molar-refractivity contribution in [3.05, 3.63) is 94.0 Å². The average Bonchev–Trinajstić information content (AvgIpc) is 3.13. The molecule has 0 unspecified atom stereocenters. The minimum atomic E-state index is 0.298. The Morgan fingerprint density at radius 1 is 0.903 bits per heavy atom. The smallest absolute Gasteiger partial charge is 0.0741 e. The largest absolute Gasteiger partial charge is 0.299 e. The number of piperidine rings is 1. The first kappa shape index (κ1) is 21.0. The molecule has 0 aliphatic carbocycles. The molecule has 31 heavy (non-hydrogen) atoms. The van der Waals surface area contributed by atoms with Gasteiger partial charge in [0.1, 0.15) is 0 Å². The SMILES string of the molecule is CN1OC[C@@H]2CN(Cc3cc(Cl)cc(Cl)c3)[C@H](c3cccc(-c4ccccc4)c3)C[C@@H]21. The third kappa shape index (κ3) is 4.52. The van der Waals surface area contributed by atoms with Crippen LogP contribution in [0.3, 0.4) is 0 Å². The van der Waals surface area contributed by atoms with Crippen LogP contribution in [0.15, 0.2) is 72.8 Å². The van der Waals surface area contributed by atoms with Crippen molar-refractivity contribution in [1.29, 1.82) is 0 Å². The number of likely N-dealkylation sites (tertiary alicyclic amines) is 1. The van der Waals surface area contributed by atoms with E-state index in [0.717, 1.165) is 31.7 Å². The topological polar surface area (TPSA) is 15.7 Å². The molecule has 0 radical (unpaired) electrons. The fourth-order valence-corrected chi connectivity index (χ4v) is 5.62. The third-order valence-corrected chi connectivity index (χ3v) is 7.00. The van der Waals surface area contributed by atoms with Gasteiger partial charge >= 0.3 is 0 Å². The molecule has 160 valence electrons. The summed E-state index contributed by atoms with van der Waals surface area (Å²) in [4.78, 5) is 8.44. The molecule has 0 spiro atoms. The van der Waals surface area contributed by atoms with Crippen molar-refractivity contribution < 1.29 is 4.84 Å². The van der Waals surface area contributed by atoms with Crippen LogP contribution in [0.4, 0.5) is 0 Å². The molecule has 0 amide bonds. The van der Waals surface area contributed by atoms with Gasteiger partial charge in [-0.05, 0) is 52.9 Å². The summed E-state index contributed by atoms with van der Waals surface area (Å²) >= 11 is 12.6. The zero-order chi connectivity index (χ0) is 21.4. The molecule has 5 rings (SSSR count). The van der Waals surface area contributed by atoms with Gasteiger partial charge in [0.2, 0.25) is 0 Å². The van der Waals surface area contributed by atoms with E-state index in [2.05, 4.69) is 71.6 Å². The summed E-state index contributed by atoms with van der Waals surface area (Å²) in [5.74, 6) is 0.508. The standard InChI is InChI=1S/C26H26Cl2N2O/c1-29-25-14-26(21-9-5-8-20(12-21)19-6-3-2-4-7-19)30(16-22(25)17-31-29)15-18-10-23(27)13-24(28)11-18/h2-13,22,25-26H,14-17H2,1H3/t22-,25-,26-/m0/s1. The molecular weight excluding hydrogens is 427 g/mol. The van der Waals surface area contributed by atoms with E-state index >= 15 is 0 Å². The van der Waals surface area contributed by atoms with Gasteiger partial charge in [-0.2, -0.15) is 5.06 Å². The minimum Gasteiger partial charge on any atom is -0.299 e. The second kappa shape index (κ2) is 8.93. The summed E-state index contributed by atoms with van der Waals surface area (Å²) in [5.41, 5.74) is 4.98. The molecule has 3 atom stereocenters. The van der Waals surface area contributed by atoms with Gasteiger partial charge in [0.15, 0.2) is 0 Å². The summed E-state index contributed by atoms with van der Waals surface area (Å²) in [7, 11) is 2.06.